The number of ether oxygens (including phenoxy) is 4. The van der Waals surface area contributed by atoms with Crippen molar-refractivity contribution < 1.29 is 32.5 Å². The Morgan fingerprint density at radius 3 is 2.65 bits per heavy atom. The predicted molar refractivity (Wildman–Crippen MR) is 134 cm³/mol. The number of aryl methyl sites for hydroxylation is 1. The standard InChI is InChI=1S/C27H27F2N3O5/c1-3-10-35-25-15-19(14-24(31-25)32-8-11-34-12-9-32)21-16-20(6-4-17(21)2)30-26(33)18-5-7-22-23(13-18)37-27(28,29)36-22/h4-7,13-16H,3,8-12H2,1-2H3,(H,30,33). The second kappa shape index (κ2) is 10.2. The quantitative estimate of drug-likeness (QED) is 0.464. The summed E-state index contributed by atoms with van der Waals surface area (Å²) in [5.74, 6) is 0.570. The summed E-state index contributed by atoms with van der Waals surface area (Å²) in [6, 6.07) is 13.4. The van der Waals surface area contributed by atoms with Gasteiger partial charge in [-0.3, -0.25) is 4.79 Å². The Bertz CT molecular complexity index is 1310. The molecule has 1 aromatic heterocycles. The van der Waals surface area contributed by atoms with E-state index < -0.39 is 12.2 Å². The molecule has 1 saturated heterocycles. The minimum absolute atomic E-state index is 0.117. The largest absolute Gasteiger partial charge is 0.586 e. The summed E-state index contributed by atoms with van der Waals surface area (Å²) in [6.07, 6.45) is -2.88. The van der Waals surface area contributed by atoms with Gasteiger partial charge in [-0.2, -0.15) is 4.98 Å². The molecule has 2 aliphatic rings. The molecule has 3 aromatic rings. The smallest absolute Gasteiger partial charge is 0.478 e. The third kappa shape index (κ3) is 5.59. The van der Waals surface area contributed by atoms with E-state index in [4.69, 9.17) is 14.5 Å². The fraction of sp³-hybridized carbons (Fsp3) is 0.333. The first-order valence-corrected chi connectivity index (χ1v) is 12.1. The van der Waals surface area contributed by atoms with Gasteiger partial charge >= 0.3 is 6.29 Å². The molecule has 0 unspecified atom stereocenters. The number of amides is 1. The number of fused-ring (bicyclic) bond motifs is 1. The summed E-state index contributed by atoms with van der Waals surface area (Å²) < 4.78 is 46.9. The Morgan fingerprint density at radius 1 is 1.08 bits per heavy atom. The van der Waals surface area contributed by atoms with Crippen LogP contribution < -0.4 is 24.4 Å². The molecule has 0 spiro atoms. The number of pyridine rings is 1. The van der Waals surface area contributed by atoms with Crippen LogP contribution >= 0.6 is 0 Å². The molecule has 0 bridgehead atoms. The fourth-order valence-electron chi connectivity index (χ4n) is 4.19. The number of carbonyl (C=O) groups is 1. The number of hydrogen-bond donors (Lipinski definition) is 1. The fourth-order valence-corrected chi connectivity index (χ4v) is 4.19. The van der Waals surface area contributed by atoms with Crippen molar-refractivity contribution in [2.24, 2.45) is 0 Å². The highest BCUT2D eigenvalue weighted by atomic mass is 19.3. The van der Waals surface area contributed by atoms with Crippen LogP contribution in [0.5, 0.6) is 17.4 Å². The van der Waals surface area contributed by atoms with E-state index in [1.54, 1.807) is 6.07 Å². The molecule has 0 aliphatic carbocycles. The molecule has 1 amide bonds. The minimum Gasteiger partial charge on any atom is -0.478 e. The molecule has 3 heterocycles. The second-order valence-corrected chi connectivity index (χ2v) is 8.81. The van der Waals surface area contributed by atoms with Gasteiger partial charge in [-0.05, 0) is 66.4 Å². The van der Waals surface area contributed by atoms with Gasteiger partial charge in [0.25, 0.3) is 5.91 Å². The van der Waals surface area contributed by atoms with E-state index >= 15 is 0 Å². The van der Waals surface area contributed by atoms with E-state index in [0.29, 0.717) is 31.4 Å². The van der Waals surface area contributed by atoms with Gasteiger partial charge in [0.2, 0.25) is 5.88 Å². The van der Waals surface area contributed by atoms with E-state index in [1.165, 1.54) is 18.2 Å². The van der Waals surface area contributed by atoms with Gasteiger partial charge < -0.3 is 29.2 Å². The SMILES string of the molecule is CCCOc1cc(-c2cc(NC(=O)c3ccc4c(c3)OC(F)(F)O4)ccc2C)cc(N2CCOCC2)n1. The maximum atomic E-state index is 13.3. The monoisotopic (exact) mass is 511 g/mol. The van der Waals surface area contributed by atoms with Gasteiger partial charge in [0, 0.05) is 30.4 Å². The van der Waals surface area contributed by atoms with Crippen molar-refractivity contribution in [3.63, 3.8) is 0 Å². The number of alkyl halides is 2. The number of hydrogen-bond acceptors (Lipinski definition) is 7. The number of benzene rings is 2. The lowest BCUT2D eigenvalue weighted by Crippen LogP contribution is -2.36. The molecule has 1 N–H and O–H groups in total. The van der Waals surface area contributed by atoms with E-state index in [1.807, 2.05) is 38.1 Å². The number of aromatic nitrogens is 1. The molecule has 37 heavy (non-hydrogen) atoms. The summed E-state index contributed by atoms with van der Waals surface area (Å²) in [5.41, 5.74) is 3.53. The van der Waals surface area contributed by atoms with Gasteiger partial charge in [-0.25, -0.2) is 0 Å². The average Bonchev–Trinajstić information content (AvgIpc) is 3.21. The Balaban J connectivity index is 1.42. The summed E-state index contributed by atoms with van der Waals surface area (Å²) in [4.78, 5) is 19.8. The van der Waals surface area contributed by atoms with Crippen LogP contribution in [0.3, 0.4) is 0 Å². The summed E-state index contributed by atoms with van der Waals surface area (Å²) in [5, 5.41) is 2.84. The molecule has 8 nitrogen and oxygen atoms in total. The van der Waals surface area contributed by atoms with Gasteiger partial charge in [-0.15, -0.1) is 8.78 Å². The number of rotatable bonds is 7. The van der Waals surface area contributed by atoms with Crippen LogP contribution in [0, 0.1) is 6.92 Å². The third-order valence-corrected chi connectivity index (χ3v) is 6.05. The van der Waals surface area contributed by atoms with E-state index in [9.17, 15) is 13.6 Å². The lowest BCUT2D eigenvalue weighted by molar-refractivity contribution is -0.286. The third-order valence-electron chi connectivity index (χ3n) is 6.05. The summed E-state index contributed by atoms with van der Waals surface area (Å²) in [7, 11) is 0. The lowest BCUT2D eigenvalue weighted by Gasteiger charge is -2.28. The van der Waals surface area contributed by atoms with Crippen LogP contribution in [0.15, 0.2) is 48.5 Å². The number of anilines is 2. The van der Waals surface area contributed by atoms with Gasteiger partial charge in [0.1, 0.15) is 5.82 Å². The number of halogens is 2. The van der Waals surface area contributed by atoms with Crippen LogP contribution in [0.1, 0.15) is 29.3 Å². The maximum absolute atomic E-state index is 13.3. The van der Waals surface area contributed by atoms with E-state index in [-0.39, 0.29) is 17.1 Å². The van der Waals surface area contributed by atoms with Crippen molar-refractivity contribution in [2.75, 3.05) is 43.1 Å². The van der Waals surface area contributed by atoms with Crippen LogP contribution in [-0.2, 0) is 4.74 Å². The molecule has 10 heteroatoms. The van der Waals surface area contributed by atoms with Crippen LogP contribution in [0.25, 0.3) is 11.1 Å². The molecule has 5 rings (SSSR count). The Hall–Kier alpha value is -3.92. The molecule has 1 fully saturated rings. The molecule has 2 aliphatic heterocycles. The molecule has 0 atom stereocenters. The van der Waals surface area contributed by atoms with Crippen molar-refractivity contribution in [2.45, 2.75) is 26.6 Å². The Kier molecular flexibility index (Phi) is 6.84. The van der Waals surface area contributed by atoms with Crippen LogP contribution in [0.2, 0.25) is 0 Å². The van der Waals surface area contributed by atoms with Gasteiger partial charge in [0.15, 0.2) is 11.5 Å². The molecule has 2 aromatic carbocycles. The van der Waals surface area contributed by atoms with Gasteiger partial charge in [-0.1, -0.05) is 13.0 Å². The van der Waals surface area contributed by atoms with Crippen molar-refractivity contribution in [3.8, 4) is 28.5 Å². The number of carbonyl (C=O) groups excluding carboxylic acids is 1. The van der Waals surface area contributed by atoms with Crippen LogP contribution in [-0.4, -0.2) is 50.1 Å². The highest BCUT2D eigenvalue weighted by molar-refractivity contribution is 6.05. The normalized spacial score (nSPS) is 15.9. The first-order valence-electron chi connectivity index (χ1n) is 12.1. The van der Waals surface area contributed by atoms with E-state index in [2.05, 4.69) is 19.7 Å². The lowest BCUT2D eigenvalue weighted by atomic mass is 10.00. The van der Waals surface area contributed by atoms with Crippen molar-refractivity contribution in [1.29, 1.82) is 0 Å². The van der Waals surface area contributed by atoms with Crippen molar-refractivity contribution in [3.05, 3.63) is 59.7 Å². The highest BCUT2D eigenvalue weighted by Crippen LogP contribution is 2.41. The average molecular weight is 512 g/mol. The zero-order valence-corrected chi connectivity index (χ0v) is 20.6. The molecule has 194 valence electrons. The molecular formula is C27H27F2N3O5. The number of nitrogens with one attached hydrogen (secondary N) is 1. The molecule has 0 radical (unpaired) electrons. The first kappa shape index (κ1) is 24.8. The molecular weight excluding hydrogens is 484 g/mol. The topological polar surface area (TPSA) is 82.2 Å². The summed E-state index contributed by atoms with van der Waals surface area (Å²) >= 11 is 0. The Morgan fingerprint density at radius 2 is 1.86 bits per heavy atom. The second-order valence-electron chi connectivity index (χ2n) is 8.81. The maximum Gasteiger partial charge on any atom is 0.586 e. The van der Waals surface area contributed by atoms with Crippen LogP contribution in [0.4, 0.5) is 20.3 Å². The summed E-state index contributed by atoms with van der Waals surface area (Å²) in [6.45, 7) is 7.31. The van der Waals surface area contributed by atoms with E-state index in [0.717, 1.165) is 42.0 Å². The van der Waals surface area contributed by atoms with Crippen molar-refractivity contribution in [1.82, 2.24) is 4.98 Å². The first-order chi connectivity index (χ1) is 17.8. The zero-order chi connectivity index (χ0) is 26.0. The minimum atomic E-state index is -3.74. The Labute approximate surface area is 213 Å². The zero-order valence-electron chi connectivity index (χ0n) is 20.6. The number of nitrogens with zero attached hydrogens (tertiary/aromatic N) is 2. The van der Waals surface area contributed by atoms with Crippen molar-refractivity contribution >= 4 is 17.4 Å². The van der Waals surface area contributed by atoms with Gasteiger partial charge in [0.05, 0.1) is 19.8 Å². The molecule has 0 saturated carbocycles. The number of morpholine rings is 1. The highest BCUT2D eigenvalue weighted by Gasteiger charge is 2.43. The predicted octanol–water partition coefficient (Wildman–Crippen LogP) is 5.26.